The molecule has 0 aromatic heterocycles. The molecule has 0 radical (unpaired) electrons. The molecular weight excluding hydrogens is 360 g/mol. The van der Waals surface area contributed by atoms with Crippen LogP contribution in [-0.2, 0) is 4.74 Å². The molecule has 3 aromatic rings. The third kappa shape index (κ3) is 3.52. The molecule has 0 atom stereocenters. The monoisotopic (exact) mass is 378 g/mol. The summed E-state index contributed by atoms with van der Waals surface area (Å²) in [6, 6.07) is 17.4. The number of benzene rings is 3. The first-order valence-electron chi connectivity index (χ1n) is 8.94. The van der Waals surface area contributed by atoms with Gasteiger partial charge >= 0.3 is 5.97 Å². The van der Waals surface area contributed by atoms with E-state index >= 15 is 0 Å². The quantitative estimate of drug-likeness (QED) is 0.297. The smallest absolute Gasteiger partial charge is 0.343 e. The summed E-state index contributed by atoms with van der Waals surface area (Å²) >= 11 is 0. The summed E-state index contributed by atoms with van der Waals surface area (Å²) in [7, 11) is 0. The summed E-state index contributed by atoms with van der Waals surface area (Å²) in [5.41, 5.74) is 0.501. The fourth-order valence-corrected chi connectivity index (χ4v) is 3.31. The Morgan fingerprint density at radius 3 is 2.57 bits per heavy atom. The van der Waals surface area contributed by atoms with Gasteiger partial charge in [-0.25, -0.2) is 4.79 Å². The molecule has 1 heterocycles. The summed E-state index contributed by atoms with van der Waals surface area (Å²) in [6.45, 7) is 2.17. The standard InChI is InChI=1S/C21H18N2O5/c24-21(28-20-7-3-5-15-4-1-2-6-17(15)20)16-8-9-18(19(14-16)23(25)26)22-10-12-27-13-11-22/h1-9,14H,10-13H2. The van der Waals surface area contributed by atoms with Gasteiger partial charge in [0.1, 0.15) is 11.4 Å². The maximum absolute atomic E-state index is 12.6. The zero-order valence-corrected chi connectivity index (χ0v) is 15.0. The SMILES string of the molecule is O=C(Oc1cccc2ccccc12)c1ccc(N2CCOCC2)c([N+](=O)[O-])c1. The van der Waals surface area contributed by atoms with Gasteiger partial charge in [0.05, 0.1) is 23.7 Å². The Balaban J connectivity index is 1.64. The fraction of sp³-hybridized carbons (Fsp3) is 0.190. The first-order valence-corrected chi connectivity index (χ1v) is 8.94. The zero-order valence-electron chi connectivity index (χ0n) is 15.0. The molecule has 3 aromatic carbocycles. The average Bonchev–Trinajstić information content (AvgIpc) is 2.74. The Kier molecular flexibility index (Phi) is 4.90. The average molecular weight is 378 g/mol. The molecule has 1 saturated heterocycles. The molecule has 7 heteroatoms. The second kappa shape index (κ2) is 7.66. The molecule has 28 heavy (non-hydrogen) atoms. The van der Waals surface area contributed by atoms with E-state index in [0.717, 1.165) is 10.8 Å². The molecule has 0 aliphatic carbocycles. The molecule has 1 aliphatic heterocycles. The highest BCUT2D eigenvalue weighted by Crippen LogP contribution is 2.31. The topological polar surface area (TPSA) is 81.9 Å². The lowest BCUT2D eigenvalue weighted by Crippen LogP contribution is -2.36. The van der Waals surface area contributed by atoms with Crippen LogP contribution in [0.1, 0.15) is 10.4 Å². The number of nitrogens with zero attached hydrogens (tertiary/aromatic N) is 2. The van der Waals surface area contributed by atoms with Crippen LogP contribution in [0, 0.1) is 10.1 Å². The van der Waals surface area contributed by atoms with Crippen LogP contribution in [0.5, 0.6) is 5.75 Å². The van der Waals surface area contributed by atoms with Crippen LogP contribution in [0.4, 0.5) is 11.4 Å². The molecular formula is C21H18N2O5. The number of ether oxygens (including phenoxy) is 2. The minimum atomic E-state index is -0.631. The lowest BCUT2D eigenvalue weighted by atomic mass is 10.1. The van der Waals surface area contributed by atoms with E-state index in [-0.39, 0.29) is 11.3 Å². The zero-order chi connectivity index (χ0) is 19.5. The minimum absolute atomic E-state index is 0.116. The predicted molar refractivity (Wildman–Crippen MR) is 105 cm³/mol. The van der Waals surface area contributed by atoms with E-state index < -0.39 is 10.9 Å². The molecule has 1 fully saturated rings. The third-order valence-corrected chi connectivity index (χ3v) is 4.71. The second-order valence-electron chi connectivity index (χ2n) is 6.43. The Hall–Kier alpha value is -3.45. The molecule has 142 valence electrons. The van der Waals surface area contributed by atoms with Crippen LogP contribution in [0.15, 0.2) is 60.7 Å². The lowest BCUT2D eigenvalue weighted by Gasteiger charge is -2.28. The number of carbonyl (C=O) groups is 1. The van der Waals surface area contributed by atoms with Gasteiger partial charge in [0, 0.05) is 24.5 Å². The number of nitro benzene ring substituents is 1. The van der Waals surface area contributed by atoms with E-state index in [9.17, 15) is 14.9 Å². The van der Waals surface area contributed by atoms with Crippen molar-refractivity contribution >= 4 is 28.1 Å². The highest BCUT2D eigenvalue weighted by molar-refractivity contribution is 5.96. The van der Waals surface area contributed by atoms with Crippen molar-refractivity contribution in [2.24, 2.45) is 0 Å². The van der Waals surface area contributed by atoms with Gasteiger partial charge < -0.3 is 14.4 Å². The van der Waals surface area contributed by atoms with Gasteiger partial charge in [-0.15, -0.1) is 0 Å². The highest BCUT2D eigenvalue weighted by Gasteiger charge is 2.24. The van der Waals surface area contributed by atoms with Gasteiger partial charge in [-0.3, -0.25) is 10.1 Å². The van der Waals surface area contributed by atoms with Crippen molar-refractivity contribution in [2.75, 3.05) is 31.2 Å². The number of rotatable bonds is 4. The number of hydrogen-bond donors (Lipinski definition) is 0. The number of fused-ring (bicyclic) bond motifs is 1. The van der Waals surface area contributed by atoms with Gasteiger partial charge in [0.15, 0.2) is 0 Å². The summed E-state index contributed by atoms with van der Waals surface area (Å²) in [4.78, 5) is 25.6. The van der Waals surface area contributed by atoms with E-state index in [1.54, 1.807) is 24.3 Å². The maximum Gasteiger partial charge on any atom is 0.343 e. The van der Waals surface area contributed by atoms with Gasteiger partial charge in [0.2, 0.25) is 0 Å². The van der Waals surface area contributed by atoms with Gasteiger partial charge in [-0.2, -0.15) is 0 Å². The maximum atomic E-state index is 12.6. The fourth-order valence-electron chi connectivity index (χ4n) is 3.31. The van der Waals surface area contributed by atoms with E-state index in [4.69, 9.17) is 9.47 Å². The number of morpholine rings is 1. The molecule has 0 saturated carbocycles. The largest absolute Gasteiger partial charge is 0.422 e. The molecule has 0 N–H and O–H groups in total. The van der Waals surface area contributed by atoms with E-state index in [0.29, 0.717) is 37.7 Å². The summed E-state index contributed by atoms with van der Waals surface area (Å²) < 4.78 is 10.8. The van der Waals surface area contributed by atoms with Crippen LogP contribution in [0.2, 0.25) is 0 Å². The van der Waals surface area contributed by atoms with Crippen LogP contribution < -0.4 is 9.64 Å². The number of nitro groups is 1. The number of anilines is 1. The molecule has 1 aliphatic rings. The van der Waals surface area contributed by atoms with Crippen LogP contribution >= 0.6 is 0 Å². The predicted octanol–water partition coefficient (Wildman–Crippen LogP) is 3.80. The Labute approximate surface area is 161 Å². The van der Waals surface area contributed by atoms with Gasteiger partial charge in [0.25, 0.3) is 5.69 Å². The normalized spacial score (nSPS) is 14.1. The third-order valence-electron chi connectivity index (χ3n) is 4.71. The van der Waals surface area contributed by atoms with Crippen molar-refractivity contribution in [2.45, 2.75) is 0 Å². The van der Waals surface area contributed by atoms with E-state index in [1.807, 2.05) is 35.2 Å². The Bertz CT molecular complexity index is 1040. The second-order valence-corrected chi connectivity index (χ2v) is 6.43. The molecule has 0 spiro atoms. The van der Waals surface area contributed by atoms with Crippen molar-refractivity contribution in [1.82, 2.24) is 0 Å². The van der Waals surface area contributed by atoms with Gasteiger partial charge in [-0.1, -0.05) is 36.4 Å². The van der Waals surface area contributed by atoms with Crippen molar-refractivity contribution in [3.8, 4) is 5.75 Å². The van der Waals surface area contributed by atoms with Crippen molar-refractivity contribution in [1.29, 1.82) is 0 Å². The molecule has 4 rings (SSSR count). The number of hydrogen-bond acceptors (Lipinski definition) is 6. The first kappa shape index (κ1) is 17.9. The Morgan fingerprint density at radius 1 is 1.04 bits per heavy atom. The summed E-state index contributed by atoms with van der Waals surface area (Å²) in [5.74, 6) is -0.212. The van der Waals surface area contributed by atoms with Crippen LogP contribution in [0.3, 0.4) is 0 Å². The first-order chi connectivity index (χ1) is 13.6. The molecule has 0 bridgehead atoms. The van der Waals surface area contributed by atoms with Crippen molar-refractivity contribution in [3.63, 3.8) is 0 Å². The molecule has 7 nitrogen and oxygen atoms in total. The molecule has 0 unspecified atom stereocenters. The lowest BCUT2D eigenvalue weighted by molar-refractivity contribution is -0.384. The van der Waals surface area contributed by atoms with E-state index in [1.165, 1.54) is 6.07 Å². The van der Waals surface area contributed by atoms with Crippen molar-refractivity contribution in [3.05, 3.63) is 76.3 Å². The molecule has 0 amide bonds. The minimum Gasteiger partial charge on any atom is -0.422 e. The van der Waals surface area contributed by atoms with E-state index in [2.05, 4.69) is 0 Å². The van der Waals surface area contributed by atoms with Gasteiger partial charge in [-0.05, 0) is 23.6 Å². The Morgan fingerprint density at radius 2 is 1.79 bits per heavy atom. The highest BCUT2D eigenvalue weighted by atomic mass is 16.6. The number of esters is 1. The summed E-state index contributed by atoms with van der Waals surface area (Å²) in [6.07, 6.45) is 0. The van der Waals surface area contributed by atoms with Crippen LogP contribution in [-0.4, -0.2) is 37.2 Å². The van der Waals surface area contributed by atoms with Crippen LogP contribution in [0.25, 0.3) is 10.8 Å². The van der Waals surface area contributed by atoms with Crippen molar-refractivity contribution < 1.29 is 19.2 Å². The summed E-state index contributed by atoms with van der Waals surface area (Å²) in [5, 5.41) is 13.3. The number of carbonyl (C=O) groups excluding carboxylic acids is 1.